The number of pyridine rings is 1. The second kappa shape index (κ2) is 8.29. The fraction of sp³-hybridized carbons (Fsp3) is 0.250. The molecule has 1 atom stereocenters. The average Bonchev–Trinajstić information content (AvgIpc) is 3.10. The highest BCUT2D eigenvalue weighted by atomic mass is 16.2. The molecule has 3 aromatic rings. The fourth-order valence-electron chi connectivity index (χ4n) is 2.66. The van der Waals surface area contributed by atoms with E-state index in [1.54, 1.807) is 6.20 Å². The molecule has 0 fully saturated rings. The normalized spacial score (nSPS) is 11.8. The van der Waals surface area contributed by atoms with E-state index in [0.717, 1.165) is 17.0 Å². The van der Waals surface area contributed by atoms with Crippen molar-refractivity contribution >= 4 is 6.03 Å². The average molecular weight is 349 g/mol. The fourth-order valence-corrected chi connectivity index (χ4v) is 2.66. The van der Waals surface area contributed by atoms with Crippen molar-refractivity contribution in [2.45, 2.75) is 33.0 Å². The number of carbonyl (C=O) groups excluding carboxylic acids is 1. The molecule has 0 unspecified atom stereocenters. The maximum Gasteiger partial charge on any atom is 0.315 e. The van der Waals surface area contributed by atoms with E-state index in [2.05, 4.69) is 32.8 Å². The van der Waals surface area contributed by atoms with Crippen molar-refractivity contribution in [2.24, 2.45) is 0 Å². The number of nitrogens with zero attached hydrogens (tertiary/aromatic N) is 3. The summed E-state index contributed by atoms with van der Waals surface area (Å²) < 4.78 is 1.87. The van der Waals surface area contributed by atoms with Crippen LogP contribution in [0.3, 0.4) is 0 Å². The monoisotopic (exact) mass is 349 g/mol. The van der Waals surface area contributed by atoms with Gasteiger partial charge in [0.2, 0.25) is 0 Å². The first kappa shape index (κ1) is 17.7. The number of nitrogens with one attached hydrogen (secondary N) is 2. The number of urea groups is 1. The van der Waals surface area contributed by atoms with Gasteiger partial charge in [-0.05, 0) is 31.5 Å². The van der Waals surface area contributed by atoms with Crippen molar-refractivity contribution in [1.82, 2.24) is 25.4 Å². The summed E-state index contributed by atoms with van der Waals surface area (Å²) >= 11 is 0. The standard InChI is InChI=1S/C20H23N5O/c1-15-7-6-10-19(23-15)12-21-20(26)24-16(2)18-11-22-25(14-18)13-17-8-4-3-5-9-17/h3-11,14,16H,12-13H2,1-2H3,(H2,21,24,26)/t16-/m1/s1. The molecule has 134 valence electrons. The van der Waals surface area contributed by atoms with Gasteiger partial charge in [0.15, 0.2) is 0 Å². The van der Waals surface area contributed by atoms with Gasteiger partial charge in [0.25, 0.3) is 0 Å². The first-order valence-electron chi connectivity index (χ1n) is 8.63. The molecule has 26 heavy (non-hydrogen) atoms. The molecule has 0 saturated carbocycles. The van der Waals surface area contributed by atoms with Crippen molar-refractivity contribution in [3.8, 4) is 0 Å². The molecular weight excluding hydrogens is 326 g/mol. The highest BCUT2D eigenvalue weighted by Crippen LogP contribution is 2.12. The summed E-state index contributed by atoms with van der Waals surface area (Å²) in [5.74, 6) is 0. The second-order valence-corrected chi connectivity index (χ2v) is 6.28. The van der Waals surface area contributed by atoms with Crippen molar-refractivity contribution in [3.05, 3.63) is 83.4 Å². The van der Waals surface area contributed by atoms with Crippen LogP contribution in [-0.4, -0.2) is 20.8 Å². The zero-order valence-electron chi connectivity index (χ0n) is 15.0. The third kappa shape index (κ3) is 4.92. The molecule has 1 aromatic carbocycles. The van der Waals surface area contributed by atoms with Crippen molar-refractivity contribution in [2.75, 3.05) is 0 Å². The molecule has 6 heteroatoms. The lowest BCUT2D eigenvalue weighted by atomic mass is 10.2. The zero-order chi connectivity index (χ0) is 18.4. The van der Waals surface area contributed by atoms with Gasteiger partial charge in [-0.3, -0.25) is 9.67 Å². The highest BCUT2D eigenvalue weighted by Gasteiger charge is 2.11. The van der Waals surface area contributed by atoms with Crippen molar-refractivity contribution in [1.29, 1.82) is 0 Å². The summed E-state index contributed by atoms with van der Waals surface area (Å²) in [5, 5.41) is 10.1. The van der Waals surface area contributed by atoms with Gasteiger partial charge in [-0.25, -0.2) is 4.79 Å². The van der Waals surface area contributed by atoms with E-state index in [1.165, 1.54) is 5.56 Å². The third-order valence-corrected chi connectivity index (χ3v) is 4.06. The van der Waals surface area contributed by atoms with Crippen LogP contribution in [0, 0.1) is 6.92 Å². The van der Waals surface area contributed by atoms with Crippen LogP contribution in [-0.2, 0) is 13.1 Å². The number of rotatable bonds is 6. The first-order valence-corrected chi connectivity index (χ1v) is 8.63. The number of aromatic nitrogens is 3. The molecular formula is C20H23N5O. The summed E-state index contributed by atoms with van der Waals surface area (Å²) in [6.07, 6.45) is 3.75. The van der Waals surface area contributed by atoms with Crippen LogP contribution in [0.5, 0.6) is 0 Å². The van der Waals surface area contributed by atoms with Crippen LogP contribution in [0.2, 0.25) is 0 Å². The lowest BCUT2D eigenvalue weighted by Gasteiger charge is -2.13. The maximum absolute atomic E-state index is 12.1. The second-order valence-electron chi connectivity index (χ2n) is 6.28. The van der Waals surface area contributed by atoms with Gasteiger partial charge >= 0.3 is 6.03 Å². The molecule has 0 aliphatic carbocycles. The Hall–Kier alpha value is -3.15. The smallest absolute Gasteiger partial charge is 0.315 e. The summed E-state index contributed by atoms with van der Waals surface area (Å²) in [6.45, 7) is 4.97. The minimum atomic E-state index is -0.225. The van der Waals surface area contributed by atoms with Crippen LogP contribution in [0.15, 0.2) is 60.9 Å². The molecule has 3 rings (SSSR count). The van der Waals surface area contributed by atoms with E-state index in [-0.39, 0.29) is 12.1 Å². The van der Waals surface area contributed by atoms with Gasteiger partial charge in [0, 0.05) is 17.5 Å². The molecule has 2 aromatic heterocycles. The molecule has 0 aliphatic heterocycles. The van der Waals surface area contributed by atoms with Gasteiger partial charge in [0.05, 0.1) is 31.0 Å². The lowest BCUT2D eigenvalue weighted by molar-refractivity contribution is 0.237. The van der Waals surface area contributed by atoms with Crippen molar-refractivity contribution in [3.63, 3.8) is 0 Å². The Morgan fingerprint density at radius 3 is 2.73 bits per heavy atom. The molecule has 2 amide bonds. The number of aryl methyl sites for hydroxylation is 1. The van der Waals surface area contributed by atoms with Gasteiger partial charge in [-0.1, -0.05) is 36.4 Å². The summed E-state index contributed by atoms with van der Waals surface area (Å²) in [4.78, 5) is 16.5. The molecule has 0 saturated heterocycles. The Balaban J connectivity index is 1.51. The minimum absolute atomic E-state index is 0.134. The summed E-state index contributed by atoms with van der Waals surface area (Å²) in [6, 6.07) is 15.5. The van der Waals surface area contributed by atoms with E-state index in [1.807, 2.05) is 61.1 Å². The summed E-state index contributed by atoms with van der Waals surface area (Å²) in [5.41, 5.74) is 3.92. The lowest BCUT2D eigenvalue weighted by Crippen LogP contribution is -2.36. The molecule has 0 aliphatic rings. The number of hydrogen-bond acceptors (Lipinski definition) is 3. The molecule has 2 N–H and O–H groups in total. The van der Waals surface area contributed by atoms with Gasteiger partial charge in [-0.2, -0.15) is 5.10 Å². The highest BCUT2D eigenvalue weighted by molar-refractivity contribution is 5.74. The van der Waals surface area contributed by atoms with Crippen LogP contribution in [0.1, 0.15) is 35.5 Å². The number of hydrogen-bond donors (Lipinski definition) is 2. The Morgan fingerprint density at radius 2 is 1.96 bits per heavy atom. The third-order valence-electron chi connectivity index (χ3n) is 4.06. The van der Waals surface area contributed by atoms with Crippen LogP contribution in [0.25, 0.3) is 0 Å². The molecule has 0 radical (unpaired) electrons. The minimum Gasteiger partial charge on any atom is -0.332 e. The van der Waals surface area contributed by atoms with Crippen LogP contribution >= 0.6 is 0 Å². The van der Waals surface area contributed by atoms with E-state index < -0.39 is 0 Å². The van der Waals surface area contributed by atoms with Crippen LogP contribution in [0.4, 0.5) is 4.79 Å². The largest absolute Gasteiger partial charge is 0.332 e. The van der Waals surface area contributed by atoms with Crippen molar-refractivity contribution < 1.29 is 4.79 Å². The number of benzene rings is 1. The molecule has 0 spiro atoms. The predicted octanol–water partition coefficient (Wildman–Crippen LogP) is 3.20. The van der Waals surface area contributed by atoms with Gasteiger partial charge in [-0.15, -0.1) is 0 Å². The van der Waals surface area contributed by atoms with E-state index in [0.29, 0.717) is 13.1 Å². The Bertz CT molecular complexity index is 859. The van der Waals surface area contributed by atoms with E-state index in [9.17, 15) is 4.79 Å². The Labute approximate surface area is 153 Å². The molecule has 6 nitrogen and oxygen atoms in total. The quantitative estimate of drug-likeness (QED) is 0.718. The van der Waals surface area contributed by atoms with Crippen LogP contribution < -0.4 is 10.6 Å². The Morgan fingerprint density at radius 1 is 1.15 bits per heavy atom. The maximum atomic E-state index is 12.1. The predicted molar refractivity (Wildman–Crippen MR) is 101 cm³/mol. The van der Waals surface area contributed by atoms with Gasteiger partial charge in [0.1, 0.15) is 0 Å². The number of carbonyl (C=O) groups is 1. The zero-order valence-corrected chi connectivity index (χ0v) is 15.0. The summed E-state index contributed by atoms with van der Waals surface area (Å²) in [7, 11) is 0. The first-order chi connectivity index (χ1) is 12.6. The van der Waals surface area contributed by atoms with E-state index in [4.69, 9.17) is 0 Å². The van der Waals surface area contributed by atoms with Gasteiger partial charge < -0.3 is 10.6 Å². The SMILES string of the molecule is Cc1cccc(CNC(=O)N[C@H](C)c2cnn(Cc3ccccc3)c2)n1. The number of amides is 2. The molecule has 2 heterocycles. The Kier molecular flexibility index (Phi) is 5.63. The van der Waals surface area contributed by atoms with E-state index >= 15 is 0 Å². The molecule has 0 bridgehead atoms. The topological polar surface area (TPSA) is 71.8 Å².